The highest BCUT2D eigenvalue weighted by Gasteiger charge is 2.27. The van der Waals surface area contributed by atoms with Crippen molar-refractivity contribution >= 4 is 53.5 Å². The third-order valence-corrected chi connectivity index (χ3v) is 16.5. The summed E-state index contributed by atoms with van der Waals surface area (Å²) in [6, 6.07) is 4.62. The number of hydrogen-bond donors (Lipinski definition) is 9. The number of phenols is 1. The Kier molecular flexibility index (Phi) is 64.7. The number of rotatable bonds is 74. The number of benzene rings is 1. The molecule has 0 aliphatic heterocycles. The van der Waals surface area contributed by atoms with Crippen LogP contribution < -0.4 is 42.5 Å². The summed E-state index contributed by atoms with van der Waals surface area (Å²) in [6.45, 7) is 9.79. The lowest BCUT2D eigenvalue weighted by molar-refractivity contribution is -0.132. The molecule has 0 heterocycles. The molecule has 0 aliphatic carbocycles. The van der Waals surface area contributed by atoms with E-state index in [4.69, 9.17) is 33.2 Å². The van der Waals surface area contributed by atoms with E-state index < -0.39 is 41.6 Å². The van der Waals surface area contributed by atoms with Crippen LogP contribution in [0.5, 0.6) is 5.75 Å². The summed E-state index contributed by atoms with van der Waals surface area (Å²) >= 11 is 0. The SMILES string of the molecule is CCCCCCCCCCCCCCCC(=O)NCCCC[C@H](NC(=O)CCCCCCCCCCCCCCC)C(=O)N[C@@H](Cc1ccc(O)cc1)C(=O)NCCCOCCOCCOCCCNC(=O)COCC(=O)NCC(=O)NCCCOCCOCCOCCCNC(=O)C=O. The second-order valence-electron chi connectivity index (χ2n) is 25.6. The minimum atomic E-state index is -0.971. The molecule has 1 rings (SSSR count). The highest BCUT2D eigenvalue weighted by Crippen LogP contribution is 2.16. The van der Waals surface area contributed by atoms with Crippen molar-refractivity contribution in [3.8, 4) is 5.75 Å². The van der Waals surface area contributed by atoms with Crippen molar-refractivity contribution in [1.82, 2.24) is 42.5 Å². The van der Waals surface area contributed by atoms with Gasteiger partial charge in [0.25, 0.3) is 5.91 Å². The van der Waals surface area contributed by atoms with Crippen LogP contribution in [0.2, 0.25) is 0 Å². The van der Waals surface area contributed by atoms with E-state index in [0.29, 0.717) is 163 Å². The minimum Gasteiger partial charge on any atom is -0.508 e. The van der Waals surface area contributed by atoms with Crippen LogP contribution in [0.1, 0.15) is 244 Å². The topological polar surface area (TPSA) is 335 Å². The number of aromatic hydroxyl groups is 1. The van der Waals surface area contributed by atoms with Crippen molar-refractivity contribution in [2.75, 3.05) is 132 Å². The van der Waals surface area contributed by atoms with Gasteiger partial charge in [-0.05, 0) is 75.5 Å². The molecule has 9 N–H and O–H groups in total. The van der Waals surface area contributed by atoms with E-state index in [9.17, 15) is 48.3 Å². The Morgan fingerprint density at radius 1 is 0.350 bits per heavy atom. The van der Waals surface area contributed by atoms with Crippen LogP contribution in [-0.2, 0) is 82.7 Å². The lowest BCUT2D eigenvalue weighted by Crippen LogP contribution is -2.54. The first-order valence-electron chi connectivity index (χ1n) is 38.4. The predicted molar refractivity (Wildman–Crippen MR) is 388 cm³/mol. The largest absolute Gasteiger partial charge is 0.508 e. The second kappa shape index (κ2) is 70.2. The molecule has 25 nitrogen and oxygen atoms in total. The number of phenolic OH excluding ortho intramolecular Hbond substituents is 1. The maximum atomic E-state index is 14.2. The van der Waals surface area contributed by atoms with Gasteiger partial charge in [0, 0.05) is 78.4 Å². The number of hydrogen-bond acceptors (Lipinski definition) is 17. The zero-order valence-electron chi connectivity index (χ0n) is 61.6. The fourth-order valence-electron chi connectivity index (χ4n) is 10.7. The molecule has 0 fully saturated rings. The average Bonchev–Trinajstić information content (AvgIpc) is 0.882. The lowest BCUT2D eigenvalue weighted by Gasteiger charge is -2.23. The van der Waals surface area contributed by atoms with Crippen molar-refractivity contribution in [2.24, 2.45) is 0 Å². The number of nitrogens with one attached hydrogen (secondary N) is 8. The van der Waals surface area contributed by atoms with Gasteiger partial charge in [0.05, 0.1) is 59.4 Å². The number of unbranched alkanes of at least 4 members (excludes halogenated alkanes) is 25. The molecule has 25 heteroatoms. The number of aldehydes is 1. The lowest BCUT2D eigenvalue weighted by atomic mass is 10.0. The van der Waals surface area contributed by atoms with Crippen molar-refractivity contribution < 1.29 is 81.4 Å². The van der Waals surface area contributed by atoms with Gasteiger partial charge in [-0.3, -0.25) is 43.2 Å². The Hall–Kier alpha value is -5.83. The quantitative estimate of drug-likeness (QED) is 0.0167. The molecule has 0 aliphatic rings. The molecule has 2 atom stereocenters. The Balaban J connectivity index is 2.38. The van der Waals surface area contributed by atoms with Crippen molar-refractivity contribution in [3.63, 3.8) is 0 Å². The zero-order valence-corrected chi connectivity index (χ0v) is 61.6. The van der Waals surface area contributed by atoms with Crippen LogP contribution in [0, 0.1) is 0 Å². The molecule has 0 radical (unpaired) electrons. The predicted octanol–water partition coefficient (Wildman–Crippen LogP) is 8.61. The Morgan fingerprint density at radius 2 is 0.720 bits per heavy atom. The molecule has 100 heavy (non-hydrogen) atoms. The molecule has 0 spiro atoms. The summed E-state index contributed by atoms with van der Waals surface area (Å²) in [6.07, 6.45) is 36.7. The van der Waals surface area contributed by atoms with Crippen LogP contribution in [0.4, 0.5) is 0 Å². The normalized spacial score (nSPS) is 11.7. The standard InChI is InChI=1S/C75H134N8O17/c1-3-5-7-9-11-13-15-17-19-21-23-25-27-36-68(86)76-42-30-29-35-66(82-69(87)37-28-26-24-22-20-18-16-14-12-10-8-6-4-2)75(93)83-67(59-64-38-40-65(85)41-39-64)74(92)80-46-34-50-97-54-58-99-57-53-96-49-33-45-79-72(90)62-100-63-73(91)81-60-70(88)77-43-31-47-94-51-55-98-56-52-95-48-32-44-78-71(89)61-84/h38-41,61,66-67,85H,3-37,42-60,62-63H2,1-2H3,(H,76,86)(H,77,88)(H,78,89)(H,79,90)(H,80,92)(H,81,91)(H,82,87)(H,83,93)/t66-,67-/m0/s1. The number of ether oxygens (including phenoxy) is 7. The van der Waals surface area contributed by atoms with Gasteiger partial charge in [-0.25, -0.2) is 0 Å². The first kappa shape index (κ1) is 92.2. The Morgan fingerprint density at radius 3 is 1.17 bits per heavy atom. The van der Waals surface area contributed by atoms with Gasteiger partial charge in [-0.2, -0.15) is 0 Å². The van der Waals surface area contributed by atoms with E-state index in [-0.39, 0.29) is 62.5 Å². The van der Waals surface area contributed by atoms with Crippen molar-refractivity contribution in [2.45, 2.75) is 257 Å². The molecular weight excluding hydrogens is 1280 g/mol. The fourth-order valence-corrected chi connectivity index (χ4v) is 10.7. The van der Waals surface area contributed by atoms with Crippen molar-refractivity contribution in [1.29, 1.82) is 0 Å². The minimum absolute atomic E-state index is 0.0344. The van der Waals surface area contributed by atoms with Crippen LogP contribution in [0.3, 0.4) is 0 Å². The molecular formula is C75H134N8O17. The summed E-state index contributed by atoms with van der Waals surface area (Å²) in [5.74, 6) is -2.91. The summed E-state index contributed by atoms with van der Waals surface area (Å²) in [5, 5.41) is 32.1. The Labute approximate surface area is 599 Å². The highest BCUT2D eigenvalue weighted by molar-refractivity contribution is 6.23. The van der Waals surface area contributed by atoms with Gasteiger partial charge in [-0.1, -0.05) is 180 Å². The summed E-state index contributed by atoms with van der Waals surface area (Å²) < 4.78 is 38.3. The third kappa shape index (κ3) is 62.0. The summed E-state index contributed by atoms with van der Waals surface area (Å²) in [5.41, 5.74) is 0.730. The average molecular weight is 1420 g/mol. The van der Waals surface area contributed by atoms with Crippen LogP contribution in [-0.4, -0.2) is 202 Å². The maximum Gasteiger partial charge on any atom is 0.284 e. The molecule has 0 bridgehead atoms. The van der Waals surface area contributed by atoms with E-state index in [0.717, 1.165) is 50.5 Å². The summed E-state index contributed by atoms with van der Waals surface area (Å²) in [7, 11) is 0. The number of amides is 8. The first-order valence-corrected chi connectivity index (χ1v) is 38.4. The molecule has 1 aromatic carbocycles. The van der Waals surface area contributed by atoms with E-state index in [1.807, 2.05) is 0 Å². The monoisotopic (exact) mass is 1420 g/mol. The fraction of sp³-hybridized carbons (Fsp3) is 0.800. The zero-order chi connectivity index (χ0) is 72.7. The molecule has 1 aromatic rings. The van der Waals surface area contributed by atoms with Crippen molar-refractivity contribution in [3.05, 3.63) is 29.8 Å². The van der Waals surface area contributed by atoms with Crippen LogP contribution >= 0.6 is 0 Å². The molecule has 576 valence electrons. The highest BCUT2D eigenvalue weighted by atomic mass is 16.5. The van der Waals surface area contributed by atoms with Gasteiger partial charge in [0.2, 0.25) is 47.6 Å². The van der Waals surface area contributed by atoms with E-state index in [1.165, 1.54) is 134 Å². The van der Waals surface area contributed by atoms with Gasteiger partial charge in [-0.15, -0.1) is 0 Å². The maximum absolute atomic E-state index is 14.2. The summed E-state index contributed by atoms with van der Waals surface area (Å²) in [4.78, 5) is 111. The number of carbonyl (C=O) groups excluding carboxylic acids is 9. The second-order valence-corrected chi connectivity index (χ2v) is 25.6. The molecule has 0 saturated heterocycles. The third-order valence-electron chi connectivity index (χ3n) is 16.5. The molecule has 0 aromatic heterocycles. The molecule has 8 amide bonds. The Bertz CT molecular complexity index is 2200. The van der Waals surface area contributed by atoms with Crippen LogP contribution in [0.15, 0.2) is 24.3 Å². The van der Waals surface area contributed by atoms with E-state index >= 15 is 0 Å². The van der Waals surface area contributed by atoms with Gasteiger partial charge in [0.1, 0.15) is 31.0 Å². The van der Waals surface area contributed by atoms with Gasteiger partial charge >= 0.3 is 0 Å². The van der Waals surface area contributed by atoms with Crippen LogP contribution in [0.25, 0.3) is 0 Å². The van der Waals surface area contributed by atoms with Gasteiger partial charge < -0.3 is 80.8 Å². The van der Waals surface area contributed by atoms with E-state index in [1.54, 1.807) is 12.1 Å². The number of carbonyl (C=O) groups is 9. The first-order chi connectivity index (χ1) is 48.9. The molecule has 0 saturated carbocycles. The van der Waals surface area contributed by atoms with Gasteiger partial charge in [0.15, 0.2) is 0 Å². The van der Waals surface area contributed by atoms with E-state index in [2.05, 4.69) is 56.4 Å². The molecule has 0 unspecified atom stereocenters. The smallest absolute Gasteiger partial charge is 0.284 e.